The SMILES string of the molecule is Cc1ccc(COc2ccc(C=C3SC(=O)N(c4cccc(O)c4)C3=O)cc2)cc1. The second kappa shape index (κ2) is 8.47. The first kappa shape index (κ1) is 19.8. The number of carbonyl (C=O) groups excluding carboxylic acids is 2. The minimum absolute atomic E-state index is 0.00300. The second-order valence-corrected chi connectivity index (χ2v) is 7.87. The summed E-state index contributed by atoms with van der Waals surface area (Å²) in [5.74, 6) is 0.313. The third kappa shape index (κ3) is 4.39. The van der Waals surface area contributed by atoms with Crippen LogP contribution in [0.15, 0.2) is 77.7 Å². The number of amides is 2. The van der Waals surface area contributed by atoms with E-state index in [9.17, 15) is 14.7 Å². The molecule has 1 aliphatic rings. The van der Waals surface area contributed by atoms with Gasteiger partial charge in [-0.25, -0.2) is 4.90 Å². The van der Waals surface area contributed by atoms with Crippen LogP contribution in [0.4, 0.5) is 10.5 Å². The van der Waals surface area contributed by atoms with Gasteiger partial charge in [0.15, 0.2) is 0 Å². The Morgan fingerprint density at radius 3 is 2.43 bits per heavy atom. The van der Waals surface area contributed by atoms with E-state index in [0.717, 1.165) is 33.5 Å². The van der Waals surface area contributed by atoms with E-state index in [0.29, 0.717) is 17.2 Å². The van der Waals surface area contributed by atoms with Gasteiger partial charge in [-0.2, -0.15) is 0 Å². The molecular weight excluding hydrogens is 398 g/mol. The molecule has 30 heavy (non-hydrogen) atoms. The van der Waals surface area contributed by atoms with Crippen molar-refractivity contribution in [2.24, 2.45) is 0 Å². The maximum atomic E-state index is 12.7. The van der Waals surface area contributed by atoms with Crippen molar-refractivity contribution in [1.82, 2.24) is 0 Å². The lowest BCUT2D eigenvalue weighted by Crippen LogP contribution is -2.27. The van der Waals surface area contributed by atoms with E-state index >= 15 is 0 Å². The van der Waals surface area contributed by atoms with E-state index in [4.69, 9.17) is 4.74 Å². The maximum absolute atomic E-state index is 12.7. The number of phenolic OH excluding ortho intramolecular Hbond substituents is 1. The summed E-state index contributed by atoms with van der Waals surface area (Å²) in [5.41, 5.74) is 3.43. The molecule has 1 saturated heterocycles. The smallest absolute Gasteiger partial charge is 0.298 e. The molecule has 3 aromatic rings. The molecular formula is C24H19NO4S. The second-order valence-electron chi connectivity index (χ2n) is 6.88. The number of carbonyl (C=O) groups is 2. The monoisotopic (exact) mass is 417 g/mol. The van der Waals surface area contributed by atoms with E-state index in [2.05, 4.69) is 0 Å². The summed E-state index contributed by atoms with van der Waals surface area (Å²) in [6.45, 7) is 2.52. The zero-order valence-electron chi connectivity index (χ0n) is 16.2. The highest BCUT2D eigenvalue weighted by Gasteiger charge is 2.36. The number of phenols is 1. The summed E-state index contributed by atoms with van der Waals surface area (Å²) >= 11 is 0.876. The fraction of sp³-hybridized carbons (Fsp3) is 0.0833. The number of imide groups is 1. The van der Waals surface area contributed by atoms with Crippen LogP contribution in [0.25, 0.3) is 6.08 Å². The summed E-state index contributed by atoms with van der Waals surface area (Å²) < 4.78 is 5.80. The first-order valence-corrected chi connectivity index (χ1v) is 10.2. The van der Waals surface area contributed by atoms with E-state index in [1.165, 1.54) is 17.7 Å². The Labute approximate surface area is 178 Å². The summed E-state index contributed by atoms with van der Waals surface area (Å²) in [4.78, 5) is 26.4. The predicted molar refractivity (Wildman–Crippen MR) is 119 cm³/mol. The third-order valence-electron chi connectivity index (χ3n) is 4.59. The number of hydrogen-bond donors (Lipinski definition) is 1. The minimum Gasteiger partial charge on any atom is -0.508 e. The number of benzene rings is 3. The molecule has 2 amide bonds. The van der Waals surface area contributed by atoms with Gasteiger partial charge < -0.3 is 9.84 Å². The zero-order chi connectivity index (χ0) is 21.1. The van der Waals surface area contributed by atoms with E-state index in [1.807, 2.05) is 55.5 Å². The lowest BCUT2D eigenvalue weighted by atomic mass is 10.1. The van der Waals surface area contributed by atoms with Crippen molar-refractivity contribution in [2.45, 2.75) is 13.5 Å². The first-order valence-electron chi connectivity index (χ1n) is 9.35. The van der Waals surface area contributed by atoms with E-state index < -0.39 is 11.1 Å². The van der Waals surface area contributed by atoms with Crippen molar-refractivity contribution < 1.29 is 19.4 Å². The average Bonchev–Trinajstić information content (AvgIpc) is 3.01. The normalized spacial score (nSPS) is 15.1. The van der Waals surface area contributed by atoms with Crippen LogP contribution in [-0.4, -0.2) is 16.3 Å². The number of nitrogens with zero attached hydrogens (tertiary/aromatic N) is 1. The quantitative estimate of drug-likeness (QED) is 0.554. The molecule has 1 N–H and O–H groups in total. The third-order valence-corrected chi connectivity index (χ3v) is 5.46. The van der Waals surface area contributed by atoms with Gasteiger partial charge in [-0.05, 0) is 60.2 Å². The Kier molecular flexibility index (Phi) is 5.59. The summed E-state index contributed by atoms with van der Waals surface area (Å²) in [6, 6.07) is 21.6. The molecule has 0 unspecified atom stereocenters. The van der Waals surface area contributed by atoms with Crippen molar-refractivity contribution >= 4 is 34.7 Å². The Morgan fingerprint density at radius 2 is 1.73 bits per heavy atom. The molecule has 3 aromatic carbocycles. The van der Waals surface area contributed by atoms with Gasteiger partial charge in [-0.3, -0.25) is 9.59 Å². The highest BCUT2D eigenvalue weighted by atomic mass is 32.2. The molecule has 1 fully saturated rings. The van der Waals surface area contributed by atoms with Gasteiger partial charge in [-0.15, -0.1) is 0 Å². The molecule has 0 spiro atoms. The van der Waals surface area contributed by atoms with Crippen LogP contribution in [0.3, 0.4) is 0 Å². The molecule has 0 aromatic heterocycles. The van der Waals surface area contributed by atoms with Crippen molar-refractivity contribution in [3.05, 3.63) is 94.4 Å². The topological polar surface area (TPSA) is 66.8 Å². The number of ether oxygens (including phenoxy) is 1. The predicted octanol–water partition coefficient (Wildman–Crippen LogP) is 5.52. The molecule has 0 aliphatic carbocycles. The van der Waals surface area contributed by atoms with Gasteiger partial charge in [0, 0.05) is 6.07 Å². The van der Waals surface area contributed by atoms with E-state index in [-0.39, 0.29) is 5.75 Å². The van der Waals surface area contributed by atoms with Crippen molar-refractivity contribution in [3.63, 3.8) is 0 Å². The molecule has 0 bridgehead atoms. The van der Waals surface area contributed by atoms with Gasteiger partial charge in [0.25, 0.3) is 11.1 Å². The van der Waals surface area contributed by atoms with Crippen LogP contribution in [-0.2, 0) is 11.4 Å². The number of hydrogen-bond acceptors (Lipinski definition) is 5. The molecule has 6 heteroatoms. The van der Waals surface area contributed by atoms with Gasteiger partial charge in [0.2, 0.25) is 0 Å². The Bertz CT molecular complexity index is 1120. The molecule has 0 radical (unpaired) electrons. The number of aromatic hydroxyl groups is 1. The molecule has 5 nitrogen and oxygen atoms in total. The highest BCUT2D eigenvalue weighted by molar-refractivity contribution is 8.19. The lowest BCUT2D eigenvalue weighted by molar-refractivity contribution is -0.113. The lowest BCUT2D eigenvalue weighted by Gasteiger charge is -2.12. The number of aryl methyl sites for hydroxylation is 1. The first-order chi connectivity index (χ1) is 14.5. The summed E-state index contributed by atoms with van der Waals surface area (Å²) in [6.07, 6.45) is 1.68. The number of thioether (sulfide) groups is 1. The van der Waals surface area contributed by atoms with Crippen LogP contribution in [0, 0.1) is 6.92 Å². The summed E-state index contributed by atoms with van der Waals surface area (Å²) in [7, 11) is 0. The number of anilines is 1. The van der Waals surface area contributed by atoms with E-state index in [1.54, 1.807) is 18.2 Å². The van der Waals surface area contributed by atoms with Gasteiger partial charge in [0.1, 0.15) is 18.1 Å². The minimum atomic E-state index is -0.407. The van der Waals surface area contributed by atoms with Crippen molar-refractivity contribution in [2.75, 3.05) is 4.90 Å². The van der Waals surface area contributed by atoms with Gasteiger partial charge in [-0.1, -0.05) is 48.0 Å². The summed E-state index contributed by atoms with van der Waals surface area (Å²) in [5, 5.41) is 9.23. The molecule has 1 aliphatic heterocycles. The zero-order valence-corrected chi connectivity index (χ0v) is 17.1. The van der Waals surface area contributed by atoms with Crippen LogP contribution < -0.4 is 9.64 Å². The standard InChI is InChI=1S/C24H19NO4S/c1-16-5-7-18(8-6-16)15-29-21-11-9-17(10-12-21)13-22-23(27)25(24(28)30-22)19-3-2-4-20(26)14-19/h2-14,26H,15H2,1H3. The molecule has 150 valence electrons. The Hall–Kier alpha value is -3.51. The fourth-order valence-electron chi connectivity index (χ4n) is 2.99. The van der Waals surface area contributed by atoms with Crippen molar-refractivity contribution in [3.8, 4) is 11.5 Å². The maximum Gasteiger partial charge on any atom is 0.298 e. The molecule has 1 heterocycles. The molecule has 0 saturated carbocycles. The van der Waals surface area contributed by atoms with Crippen LogP contribution in [0.2, 0.25) is 0 Å². The Morgan fingerprint density at radius 1 is 1.00 bits per heavy atom. The average molecular weight is 417 g/mol. The number of rotatable bonds is 5. The van der Waals surface area contributed by atoms with Crippen LogP contribution >= 0.6 is 11.8 Å². The van der Waals surface area contributed by atoms with Gasteiger partial charge in [0.05, 0.1) is 10.6 Å². The van der Waals surface area contributed by atoms with Crippen LogP contribution in [0.5, 0.6) is 11.5 Å². The Balaban J connectivity index is 1.45. The largest absolute Gasteiger partial charge is 0.508 e. The molecule has 0 atom stereocenters. The van der Waals surface area contributed by atoms with Gasteiger partial charge >= 0.3 is 0 Å². The molecule has 4 rings (SSSR count). The van der Waals surface area contributed by atoms with Crippen LogP contribution in [0.1, 0.15) is 16.7 Å². The van der Waals surface area contributed by atoms with Crippen molar-refractivity contribution in [1.29, 1.82) is 0 Å². The fourth-order valence-corrected chi connectivity index (χ4v) is 3.83. The highest BCUT2D eigenvalue weighted by Crippen LogP contribution is 2.36.